The Bertz CT molecular complexity index is 366. The molecule has 1 aromatic rings. The van der Waals surface area contributed by atoms with Crippen LogP contribution in [-0.4, -0.2) is 12.6 Å². The van der Waals surface area contributed by atoms with E-state index in [9.17, 15) is 4.39 Å². The van der Waals surface area contributed by atoms with Crippen LogP contribution in [0.25, 0.3) is 0 Å². The van der Waals surface area contributed by atoms with Crippen LogP contribution >= 0.6 is 15.9 Å². The van der Waals surface area contributed by atoms with Crippen LogP contribution in [0.4, 0.5) is 4.39 Å². The average Bonchev–Trinajstić information content (AvgIpc) is 2.33. The maximum absolute atomic E-state index is 13.4. The standard InChI is InChI=1S/C15H23BrFN/c1-4-18-14(11(2)3)10-6-8-12-7-5-9-13(17)15(12)16/h5,7,9,11,14,18H,4,6,8,10H2,1-3H3. The van der Waals surface area contributed by atoms with Crippen LogP contribution in [0.15, 0.2) is 22.7 Å². The van der Waals surface area contributed by atoms with Gasteiger partial charge in [-0.15, -0.1) is 0 Å². The predicted molar refractivity (Wildman–Crippen MR) is 79.3 cm³/mol. The first kappa shape index (κ1) is 15.6. The molecule has 3 heteroatoms. The van der Waals surface area contributed by atoms with Gasteiger partial charge in [0.25, 0.3) is 0 Å². The fourth-order valence-corrected chi connectivity index (χ4v) is 2.65. The van der Waals surface area contributed by atoms with Gasteiger partial charge in [0.05, 0.1) is 4.47 Å². The van der Waals surface area contributed by atoms with Crippen molar-refractivity contribution in [1.82, 2.24) is 5.32 Å². The molecule has 0 aromatic heterocycles. The van der Waals surface area contributed by atoms with Crippen LogP contribution < -0.4 is 5.32 Å². The van der Waals surface area contributed by atoms with E-state index in [1.807, 2.05) is 6.07 Å². The summed E-state index contributed by atoms with van der Waals surface area (Å²) >= 11 is 3.32. The van der Waals surface area contributed by atoms with Gasteiger partial charge in [-0.2, -0.15) is 0 Å². The lowest BCUT2D eigenvalue weighted by molar-refractivity contribution is 0.377. The van der Waals surface area contributed by atoms with Gasteiger partial charge in [0.15, 0.2) is 0 Å². The van der Waals surface area contributed by atoms with Gasteiger partial charge in [-0.1, -0.05) is 32.9 Å². The largest absolute Gasteiger partial charge is 0.314 e. The second kappa shape index (κ2) is 7.90. The van der Waals surface area contributed by atoms with Crippen LogP contribution in [-0.2, 0) is 6.42 Å². The second-order valence-electron chi connectivity index (χ2n) is 5.01. The van der Waals surface area contributed by atoms with E-state index < -0.39 is 0 Å². The maximum atomic E-state index is 13.4. The number of hydrogen-bond donors (Lipinski definition) is 1. The molecule has 1 atom stereocenters. The minimum Gasteiger partial charge on any atom is -0.314 e. The topological polar surface area (TPSA) is 12.0 Å². The van der Waals surface area contributed by atoms with Crippen LogP contribution in [0.3, 0.4) is 0 Å². The molecule has 0 radical (unpaired) electrons. The number of rotatable bonds is 7. The Balaban J connectivity index is 2.47. The van der Waals surface area contributed by atoms with Crippen molar-refractivity contribution in [2.24, 2.45) is 5.92 Å². The van der Waals surface area contributed by atoms with E-state index in [2.05, 4.69) is 42.0 Å². The summed E-state index contributed by atoms with van der Waals surface area (Å²) in [6, 6.07) is 5.82. The molecule has 0 bridgehead atoms. The molecule has 1 nitrogen and oxygen atoms in total. The molecule has 1 rings (SSSR count). The van der Waals surface area contributed by atoms with E-state index >= 15 is 0 Å². The Morgan fingerprint density at radius 3 is 2.67 bits per heavy atom. The van der Waals surface area contributed by atoms with Gasteiger partial charge in [-0.25, -0.2) is 4.39 Å². The summed E-state index contributed by atoms with van der Waals surface area (Å²) in [5.41, 5.74) is 1.06. The summed E-state index contributed by atoms with van der Waals surface area (Å²) in [5.74, 6) is 0.473. The Morgan fingerprint density at radius 1 is 1.33 bits per heavy atom. The maximum Gasteiger partial charge on any atom is 0.137 e. The quantitative estimate of drug-likeness (QED) is 0.778. The van der Waals surface area contributed by atoms with E-state index in [1.54, 1.807) is 6.07 Å². The highest BCUT2D eigenvalue weighted by Crippen LogP contribution is 2.22. The zero-order valence-electron chi connectivity index (χ0n) is 11.5. The fourth-order valence-electron chi connectivity index (χ4n) is 2.19. The zero-order valence-corrected chi connectivity index (χ0v) is 13.1. The minimum absolute atomic E-state index is 0.167. The molecule has 18 heavy (non-hydrogen) atoms. The summed E-state index contributed by atoms with van der Waals surface area (Å²) in [5, 5.41) is 3.51. The van der Waals surface area contributed by atoms with Gasteiger partial charge in [-0.3, -0.25) is 0 Å². The first-order chi connectivity index (χ1) is 8.56. The molecule has 0 aliphatic carbocycles. The van der Waals surface area contributed by atoms with Crippen molar-refractivity contribution in [3.63, 3.8) is 0 Å². The molecule has 0 aliphatic rings. The van der Waals surface area contributed by atoms with Crippen LogP contribution in [0.1, 0.15) is 39.2 Å². The lowest BCUT2D eigenvalue weighted by Gasteiger charge is -2.21. The Labute approximate surface area is 118 Å². The highest BCUT2D eigenvalue weighted by molar-refractivity contribution is 9.10. The van der Waals surface area contributed by atoms with Crippen molar-refractivity contribution in [3.05, 3.63) is 34.1 Å². The van der Waals surface area contributed by atoms with Gasteiger partial charge in [0, 0.05) is 6.04 Å². The molecule has 0 heterocycles. The lowest BCUT2D eigenvalue weighted by Crippen LogP contribution is -2.33. The Morgan fingerprint density at radius 2 is 2.06 bits per heavy atom. The molecule has 0 fully saturated rings. The van der Waals surface area contributed by atoms with Crippen molar-refractivity contribution in [1.29, 1.82) is 0 Å². The molecule has 1 unspecified atom stereocenters. The van der Waals surface area contributed by atoms with E-state index in [1.165, 1.54) is 6.07 Å². The predicted octanol–water partition coefficient (Wildman–Crippen LogP) is 4.55. The number of nitrogens with one attached hydrogen (secondary N) is 1. The molecule has 1 aromatic carbocycles. The third kappa shape index (κ3) is 4.69. The number of aryl methyl sites for hydroxylation is 1. The van der Waals surface area contributed by atoms with E-state index in [4.69, 9.17) is 0 Å². The molecular formula is C15H23BrFN. The second-order valence-corrected chi connectivity index (χ2v) is 5.81. The lowest BCUT2D eigenvalue weighted by atomic mass is 9.97. The normalized spacial score (nSPS) is 13.0. The summed E-state index contributed by atoms with van der Waals surface area (Å²) in [7, 11) is 0. The van der Waals surface area contributed by atoms with Gasteiger partial charge in [0.1, 0.15) is 5.82 Å². The van der Waals surface area contributed by atoms with Crippen molar-refractivity contribution in [2.45, 2.75) is 46.1 Å². The van der Waals surface area contributed by atoms with Gasteiger partial charge in [-0.05, 0) is 59.3 Å². The number of hydrogen-bond acceptors (Lipinski definition) is 1. The van der Waals surface area contributed by atoms with Crippen molar-refractivity contribution in [2.75, 3.05) is 6.54 Å². The van der Waals surface area contributed by atoms with Gasteiger partial charge in [0.2, 0.25) is 0 Å². The van der Waals surface area contributed by atoms with E-state index in [0.717, 1.165) is 31.4 Å². The van der Waals surface area contributed by atoms with Crippen LogP contribution in [0.5, 0.6) is 0 Å². The third-order valence-electron chi connectivity index (χ3n) is 3.26. The third-order valence-corrected chi connectivity index (χ3v) is 4.15. The van der Waals surface area contributed by atoms with Gasteiger partial charge >= 0.3 is 0 Å². The van der Waals surface area contributed by atoms with Crippen molar-refractivity contribution in [3.8, 4) is 0 Å². The van der Waals surface area contributed by atoms with Crippen LogP contribution in [0, 0.1) is 11.7 Å². The molecule has 0 spiro atoms. The molecule has 0 amide bonds. The number of halogens is 2. The number of benzene rings is 1. The highest BCUT2D eigenvalue weighted by Gasteiger charge is 2.12. The summed E-state index contributed by atoms with van der Waals surface area (Å²) in [6.45, 7) is 7.63. The molecular weight excluding hydrogens is 293 g/mol. The smallest absolute Gasteiger partial charge is 0.137 e. The van der Waals surface area contributed by atoms with Crippen molar-refractivity contribution >= 4 is 15.9 Å². The molecule has 0 saturated carbocycles. The monoisotopic (exact) mass is 315 g/mol. The average molecular weight is 316 g/mol. The summed E-state index contributed by atoms with van der Waals surface area (Å²) in [4.78, 5) is 0. The zero-order chi connectivity index (χ0) is 13.5. The van der Waals surface area contributed by atoms with Crippen LogP contribution in [0.2, 0.25) is 0 Å². The summed E-state index contributed by atoms with van der Waals surface area (Å²) in [6.07, 6.45) is 3.14. The summed E-state index contributed by atoms with van der Waals surface area (Å²) < 4.78 is 14.0. The first-order valence-electron chi connectivity index (χ1n) is 6.72. The fraction of sp³-hybridized carbons (Fsp3) is 0.600. The van der Waals surface area contributed by atoms with Gasteiger partial charge < -0.3 is 5.32 Å². The molecule has 1 N–H and O–H groups in total. The highest BCUT2D eigenvalue weighted by atomic mass is 79.9. The van der Waals surface area contributed by atoms with E-state index in [-0.39, 0.29) is 5.82 Å². The van der Waals surface area contributed by atoms with Crippen molar-refractivity contribution < 1.29 is 4.39 Å². The Kier molecular flexibility index (Phi) is 6.87. The molecule has 102 valence electrons. The van der Waals surface area contributed by atoms with E-state index in [0.29, 0.717) is 16.4 Å². The molecule has 0 saturated heterocycles. The first-order valence-corrected chi connectivity index (χ1v) is 7.51. The SMILES string of the molecule is CCNC(CCCc1cccc(F)c1Br)C(C)C. The minimum atomic E-state index is -0.167. The molecule has 0 aliphatic heterocycles. The Hall–Kier alpha value is -0.410.